The number of alkyl halides is 3. The fraction of sp³-hybridized carbons (Fsp3) is 0.429. The van der Waals surface area contributed by atoms with Crippen molar-refractivity contribution in [3.05, 3.63) is 65.5 Å². The first kappa shape index (κ1) is 25.3. The van der Waals surface area contributed by atoms with Gasteiger partial charge in [0.1, 0.15) is 22.9 Å². The molecule has 0 radical (unpaired) electrons. The molecule has 2 aliphatic heterocycles. The molecule has 0 N–H and O–H groups in total. The van der Waals surface area contributed by atoms with E-state index < -0.39 is 11.7 Å². The van der Waals surface area contributed by atoms with Crippen LogP contribution in [0, 0.1) is 0 Å². The minimum Gasteiger partial charge on any atom is -0.496 e. The Kier molecular flexibility index (Phi) is 6.74. The molecule has 5 rings (SSSR count). The highest BCUT2D eigenvalue weighted by molar-refractivity contribution is 5.68. The predicted octanol–water partition coefficient (Wildman–Crippen LogP) is 5.55. The van der Waals surface area contributed by atoms with Gasteiger partial charge in [0.15, 0.2) is 0 Å². The van der Waals surface area contributed by atoms with Gasteiger partial charge in [-0.3, -0.25) is 9.88 Å². The first-order valence-corrected chi connectivity index (χ1v) is 12.5. The summed E-state index contributed by atoms with van der Waals surface area (Å²) in [6, 6.07) is 13.4. The van der Waals surface area contributed by atoms with Crippen LogP contribution >= 0.6 is 0 Å². The molecule has 4 heterocycles. The van der Waals surface area contributed by atoms with Gasteiger partial charge in [0, 0.05) is 43.4 Å². The summed E-state index contributed by atoms with van der Waals surface area (Å²) in [7, 11) is 3.33. The van der Waals surface area contributed by atoms with Crippen molar-refractivity contribution in [1.82, 2.24) is 14.9 Å². The highest BCUT2D eigenvalue weighted by Crippen LogP contribution is 2.46. The van der Waals surface area contributed by atoms with Crippen LogP contribution in [0.5, 0.6) is 11.5 Å². The number of benzene rings is 1. The van der Waals surface area contributed by atoms with Crippen molar-refractivity contribution in [2.75, 3.05) is 45.3 Å². The number of rotatable bonds is 5. The predicted molar refractivity (Wildman–Crippen MR) is 136 cm³/mol. The van der Waals surface area contributed by atoms with Crippen molar-refractivity contribution < 1.29 is 22.6 Å². The summed E-state index contributed by atoms with van der Waals surface area (Å²) in [4.78, 5) is 13.2. The fourth-order valence-electron chi connectivity index (χ4n) is 5.81. The average Bonchev–Trinajstić information content (AvgIpc) is 2.88. The summed E-state index contributed by atoms with van der Waals surface area (Å²) in [6.07, 6.45) is -1.77. The minimum absolute atomic E-state index is 0.0629. The Morgan fingerprint density at radius 1 is 1.03 bits per heavy atom. The number of fused-ring (bicyclic) bond motifs is 2. The first-order chi connectivity index (χ1) is 17.8. The van der Waals surface area contributed by atoms with Crippen molar-refractivity contribution >= 4 is 5.82 Å². The normalized spacial score (nSPS) is 17.5. The molecule has 37 heavy (non-hydrogen) atoms. The van der Waals surface area contributed by atoms with Crippen LogP contribution in [0.25, 0.3) is 11.3 Å². The average molecular weight is 513 g/mol. The van der Waals surface area contributed by atoms with Gasteiger partial charge in [-0.1, -0.05) is 18.2 Å². The number of piperidine rings is 1. The number of aromatic nitrogens is 2. The second-order valence-corrected chi connectivity index (χ2v) is 9.77. The van der Waals surface area contributed by atoms with E-state index in [9.17, 15) is 13.2 Å². The van der Waals surface area contributed by atoms with Gasteiger partial charge in [0.05, 0.1) is 25.1 Å². The molecule has 9 heteroatoms. The van der Waals surface area contributed by atoms with E-state index in [1.54, 1.807) is 4.90 Å². The molecule has 0 saturated carbocycles. The smallest absolute Gasteiger partial charge is 0.423 e. The molecule has 0 aliphatic carbocycles. The number of hydrogen-bond donors (Lipinski definition) is 0. The molecule has 3 aromatic rings. The van der Waals surface area contributed by atoms with Crippen molar-refractivity contribution in [2.45, 2.75) is 37.9 Å². The number of pyridine rings is 2. The van der Waals surface area contributed by atoms with E-state index >= 15 is 0 Å². The Hall–Kier alpha value is -3.33. The van der Waals surface area contributed by atoms with Gasteiger partial charge in [-0.05, 0) is 56.6 Å². The molecule has 0 amide bonds. The Bertz CT molecular complexity index is 1270. The molecule has 0 atom stereocenters. The van der Waals surface area contributed by atoms with Crippen LogP contribution in [0.2, 0.25) is 0 Å². The van der Waals surface area contributed by atoms with Crippen LogP contribution in [0.15, 0.2) is 48.7 Å². The zero-order valence-electron chi connectivity index (χ0n) is 21.3. The lowest BCUT2D eigenvalue weighted by Crippen LogP contribution is -2.51. The van der Waals surface area contributed by atoms with Crippen molar-refractivity contribution in [1.29, 1.82) is 0 Å². The summed E-state index contributed by atoms with van der Waals surface area (Å²) in [5.41, 5.74) is 3.03. The van der Waals surface area contributed by atoms with E-state index in [0.29, 0.717) is 32.5 Å². The van der Waals surface area contributed by atoms with Crippen LogP contribution in [-0.4, -0.2) is 55.3 Å². The van der Waals surface area contributed by atoms with E-state index in [-0.39, 0.29) is 17.0 Å². The Labute approximate surface area is 215 Å². The van der Waals surface area contributed by atoms with Crippen LogP contribution < -0.4 is 14.4 Å². The molecule has 1 fully saturated rings. The SMILES string of the molecule is CCOc1ccccc1-c1ccc2c(n1)CN(C)CC21CCN(c2nccc(OC)c2C(F)(F)F)CC1. The van der Waals surface area contributed by atoms with E-state index in [4.69, 9.17) is 14.5 Å². The second-order valence-electron chi connectivity index (χ2n) is 9.77. The molecule has 0 bridgehead atoms. The number of halogens is 3. The lowest BCUT2D eigenvalue weighted by atomic mass is 9.70. The second kappa shape index (κ2) is 9.85. The monoisotopic (exact) mass is 512 g/mol. The molecule has 1 aromatic carbocycles. The third kappa shape index (κ3) is 4.72. The maximum absolute atomic E-state index is 13.9. The van der Waals surface area contributed by atoms with Gasteiger partial charge in [0.25, 0.3) is 0 Å². The number of nitrogens with zero attached hydrogens (tertiary/aromatic N) is 4. The highest BCUT2D eigenvalue weighted by atomic mass is 19.4. The minimum atomic E-state index is -4.56. The van der Waals surface area contributed by atoms with Crippen molar-refractivity contribution in [3.63, 3.8) is 0 Å². The summed E-state index contributed by atoms with van der Waals surface area (Å²) < 4.78 is 52.6. The maximum atomic E-state index is 13.9. The van der Waals surface area contributed by atoms with Gasteiger partial charge >= 0.3 is 6.18 Å². The lowest BCUT2D eigenvalue weighted by molar-refractivity contribution is -0.138. The molecule has 0 unspecified atom stereocenters. The van der Waals surface area contributed by atoms with Crippen molar-refractivity contribution in [3.8, 4) is 22.8 Å². The Morgan fingerprint density at radius 2 is 1.78 bits per heavy atom. The zero-order chi connectivity index (χ0) is 26.2. The Balaban J connectivity index is 1.45. The van der Waals surface area contributed by atoms with E-state index in [1.165, 1.54) is 24.9 Å². The van der Waals surface area contributed by atoms with Gasteiger partial charge in [-0.15, -0.1) is 0 Å². The third-order valence-corrected chi connectivity index (χ3v) is 7.42. The number of hydrogen-bond acceptors (Lipinski definition) is 6. The van der Waals surface area contributed by atoms with Crippen LogP contribution in [-0.2, 0) is 18.1 Å². The zero-order valence-corrected chi connectivity index (χ0v) is 21.3. The van der Waals surface area contributed by atoms with E-state index in [1.807, 2.05) is 37.3 Å². The summed E-state index contributed by atoms with van der Waals surface area (Å²) in [6.45, 7) is 5.02. The topological polar surface area (TPSA) is 50.7 Å². The fourth-order valence-corrected chi connectivity index (χ4v) is 5.81. The summed E-state index contributed by atoms with van der Waals surface area (Å²) >= 11 is 0. The van der Waals surface area contributed by atoms with Crippen LogP contribution in [0.4, 0.5) is 19.0 Å². The van der Waals surface area contributed by atoms with Gasteiger partial charge in [0.2, 0.25) is 0 Å². The Morgan fingerprint density at radius 3 is 2.49 bits per heavy atom. The number of para-hydroxylation sites is 1. The van der Waals surface area contributed by atoms with E-state index in [0.717, 1.165) is 35.8 Å². The number of methoxy groups -OCH3 is 1. The summed E-state index contributed by atoms with van der Waals surface area (Å²) in [5.74, 6) is 0.535. The van der Waals surface area contributed by atoms with Gasteiger partial charge in [-0.2, -0.15) is 13.2 Å². The molecular weight excluding hydrogens is 481 g/mol. The molecule has 1 saturated heterocycles. The van der Waals surface area contributed by atoms with Crippen LogP contribution in [0.3, 0.4) is 0 Å². The highest BCUT2D eigenvalue weighted by Gasteiger charge is 2.45. The number of anilines is 1. The standard InChI is InChI=1S/C28H31F3N4O2/c1-4-37-23-8-6-5-7-19(23)21-10-9-20-22(33-21)17-34(2)18-27(20)12-15-35(16-13-27)26-25(28(29,30)31)24(36-3)11-14-32-26/h5-11,14H,4,12-13,15-18H2,1-3H3. The van der Waals surface area contributed by atoms with Gasteiger partial charge in [-0.25, -0.2) is 4.98 Å². The molecule has 1 spiro atoms. The van der Waals surface area contributed by atoms with Crippen molar-refractivity contribution in [2.24, 2.45) is 0 Å². The maximum Gasteiger partial charge on any atom is 0.423 e. The van der Waals surface area contributed by atoms with E-state index in [2.05, 4.69) is 23.0 Å². The first-order valence-electron chi connectivity index (χ1n) is 12.5. The molecule has 196 valence electrons. The quantitative estimate of drug-likeness (QED) is 0.447. The molecule has 2 aliphatic rings. The molecule has 6 nitrogen and oxygen atoms in total. The molecule has 2 aromatic heterocycles. The molecular formula is C28H31F3N4O2. The summed E-state index contributed by atoms with van der Waals surface area (Å²) in [5, 5.41) is 0. The lowest BCUT2D eigenvalue weighted by Gasteiger charge is -2.48. The number of ether oxygens (including phenoxy) is 2. The van der Waals surface area contributed by atoms with Gasteiger partial charge < -0.3 is 14.4 Å². The number of likely N-dealkylation sites (N-methyl/N-ethyl adjacent to an activating group) is 1. The van der Waals surface area contributed by atoms with Crippen LogP contribution in [0.1, 0.15) is 36.6 Å². The third-order valence-electron chi connectivity index (χ3n) is 7.42. The largest absolute Gasteiger partial charge is 0.496 e.